The number of hydrogen-bond acceptors (Lipinski definition) is 4. The molecule has 0 unspecified atom stereocenters. The van der Waals surface area contributed by atoms with E-state index in [2.05, 4.69) is 5.32 Å². The normalized spacial score (nSPS) is 13.2. The van der Waals surface area contributed by atoms with Gasteiger partial charge in [-0.25, -0.2) is 4.79 Å². The molecule has 0 spiro atoms. The second-order valence-electron chi connectivity index (χ2n) is 10.1. The van der Waals surface area contributed by atoms with Crippen molar-refractivity contribution in [1.29, 1.82) is 0 Å². The molecule has 0 fully saturated rings. The summed E-state index contributed by atoms with van der Waals surface area (Å²) in [5.41, 5.74) is 6.09. The van der Waals surface area contributed by atoms with Crippen molar-refractivity contribution >= 4 is 35.1 Å². The van der Waals surface area contributed by atoms with Crippen LogP contribution in [0.15, 0.2) is 91.0 Å². The van der Waals surface area contributed by atoms with Crippen LogP contribution < -0.4 is 5.32 Å². The van der Waals surface area contributed by atoms with E-state index >= 15 is 0 Å². The molecule has 40 heavy (non-hydrogen) atoms. The fourth-order valence-corrected chi connectivity index (χ4v) is 5.36. The Labute approximate surface area is 238 Å². The molecule has 0 saturated carbocycles. The summed E-state index contributed by atoms with van der Waals surface area (Å²) in [6.07, 6.45) is 0. The SMILES string of the molecule is COC(=O)[C@H](C(C)C)N1Cc2ccc(-c3ccc(C(=O)Nc4ccc(-c5ccccc5)cc4)cc3Cl)cc2C1=O. The summed E-state index contributed by atoms with van der Waals surface area (Å²) < 4.78 is 4.95. The monoisotopic (exact) mass is 552 g/mol. The summed E-state index contributed by atoms with van der Waals surface area (Å²) in [6, 6.07) is 27.7. The first-order valence-corrected chi connectivity index (χ1v) is 13.4. The Bertz CT molecular complexity index is 1580. The zero-order chi connectivity index (χ0) is 28.4. The molecule has 2 amide bonds. The van der Waals surface area contributed by atoms with Crippen molar-refractivity contribution < 1.29 is 19.1 Å². The van der Waals surface area contributed by atoms with Gasteiger partial charge in [-0.15, -0.1) is 0 Å². The molecule has 0 bridgehead atoms. The highest BCUT2D eigenvalue weighted by Crippen LogP contribution is 2.34. The van der Waals surface area contributed by atoms with E-state index in [0.29, 0.717) is 33.9 Å². The van der Waals surface area contributed by atoms with E-state index in [4.69, 9.17) is 16.3 Å². The lowest BCUT2D eigenvalue weighted by atomic mass is 9.99. The maximum Gasteiger partial charge on any atom is 0.328 e. The number of benzene rings is 4. The molecular weight excluding hydrogens is 524 g/mol. The van der Waals surface area contributed by atoms with Gasteiger partial charge in [-0.05, 0) is 58.5 Å². The van der Waals surface area contributed by atoms with Gasteiger partial charge in [0, 0.05) is 33.9 Å². The maximum absolute atomic E-state index is 13.3. The van der Waals surface area contributed by atoms with Crippen LogP contribution in [0.1, 0.15) is 40.1 Å². The maximum atomic E-state index is 13.3. The lowest BCUT2D eigenvalue weighted by Crippen LogP contribution is -2.45. The number of rotatable bonds is 7. The molecule has 0 saturated heterocycles. The molecule has 1 N–H and O–H groups in total. The molecule has 1 heterocycles. The van der Waals surface area contributed by atoms with E-state index in [1.807, 2.05) is 80.6 Å². The highest BCUT2D eigenvalue weighted by molar-refractivity contribution is 6.33. The van der Waals surface area contributed by atoms with Gasteiger partial charge in [0.1, 0.15) is 6.04 Å². The number of esters is 1. The number of anilines is 1. The third-order valence-electron chi connectivity index (χ3n) is 7.14. The summed E-state index contributed by atoms with van der Waals surface area (Å²) in [5, 5.41) is 3.31. The van der Waals surface area contributed by atoms with E-state index in [1.165, 1.54) is 7.11 Å². The molecular formula is C33H29ClN2O4. The predicted molar refractivity (Wildman–Crippen MR) is 157 cm³/mol. The van der Waals surface area contributed by atoms with E-state index in [9.17, 15) is 14.4 Å². The molecule has 6 nitrogen and oxygen atoms in total. The predicted octanol–water partition coefficient (Wildman–Crippen LogP) is 7.08. The van der Waals surface area contributed by atoms with Crippen LogP contribution in [0, 0.1) is 5.92 Å². The molecule has 1 atom stereocenters. The van der Waals surface area contributed by atoms with Gasteiger partial charge in [-0.2, -0.15) is 0 Å². The molecule has 1 aliphatic heterocycles. The lowest BCUT2D eigenvalue weighted by molar-refractivity contribution is -0.147. The molecule has 202 valence electrons. The van der Waals surface area contributed by atoms with Crippen LogP contribution in [-0.4, -0.2) is 35.8 Å². The summed E-state index contributed by atoms with van der Waals surface area (Å²) >= 11 is 6.63. The van der Waals surface area contributed by atoms with Crippen LogP contribution in [0.5, 0.6) is 0 Å². The van der Waals surface area contributed by atoms with E-state index in [-0.39, 0.29) is 17.7 Å². The average molecular weight is 553 g/mol. The third-order valence-corrected chi connectivity index (χ3v) is 7.46. The first-order chi connectivity index (χ1) is 19.3. The molecule has 0 radical (unpaired) electrons. The number of halogens is 1. The van der Waals surface area contributed by atoms with Crippen LogP contribution in [0.3, 0.4) is 0 Å². The summed E-state index contributed by atoms with van der Waals surface area (Å²) in [6.45, 7) is 4.12. The largest absolute Gasteiger partial charge is 0.467 e. The quantitative estimate of drug-likeness (QED) is 0.249. The second kappa shape index (κ2) is 11.4. The number of carbonyl (C=O) groups is 3. The first kappa shape index (κ1) is 27.2. The average Bonchev–Trinajstić information content (AvgIpc) is 3.28. The second-order valence-corrected chi connectivity index (χ2v) is 10.5. The Morgan fingerprint density at radius 2 is 1.52 bits per heavy atom. The van der Waals surface area contributed by atoms with Gasteiger partial charge in [0.2, 0.25) is 0 Å². The van der Waals surface area contributed by atoms with E-state index in [0.717, 1.165) is 22.3 Å². The van der Waals surface area contributed by atoms with Gasteiger partial charge in [-0.3, -0.25) is 9.59 Å². The van der Waals surface area contributed by atoms with Gasteiger partial charge >= 0.3 is 5.97 Å². The van der Waals surface area contributed by atoms with Crippen LogP contribution in [-0.2, 0) is 16.1 Å². The molecule has 4 aromatic carbocycles. The van der Waals surface area contributed by atoms with Crippen molar-refractivity contribution in [3.05, 3.63) is 113 Å². The molecule has 4 aromatic rings. The fourth-order valence-electron chi connectivity index (χ4n) is 5.07. The van der Waals surface area contributed by atoms with Crippen molar-refractivity contribution in [1.82, 2.24) is 4.90 Å². The summed E-state index contributed by atoms with van der Waals surface area (Å²) in [5.74, 6) is -1.02. The van der Waals surface area contributed by atoms with Crippen molar-refractivity contribution in [2.24, 2.45) is 5.92 Å². The topological polar surface area (TPSA) is 75.7 Å². The molecule has 1 aliphatic rings. The van der Waals surface area contributed by atoms with Gasteiger partial charge in [-0.1, -0.05) is 86.1 Å². The number of nitrogens with zero attached hydrogens (tertiary/aromatic N) is 1. The van der Waals surface area contributed by atoms with Gasteiger partial charge in [0.25, 0.3) is 11.8 Å². The van der Waals surface area contributed by atoms with Crippen molar-refractivity contribution in [3.8, 4) is 22.3 Å². The van der Waals surface area contributed by atoms with E-state index in [1.54, 1.807) is 29.2 Å². The zero-order valence-corrected chi connectivity index (χ0v) is 23.2. The molecule has 0 aliphatic carbocycles. The Hall–Kier alpha value is -4.42. The summed E-state index contributed by atoms with van der Waals surface area (Å²) in [4.78, 5) is 40.2. The van der Waals surface area contributed by atoms with Gasteiger partial charge in [0.15, 0.2) is 0 Å². The van der Waals surface area contributed by atoms with Crippen molar-refractivity contribution in [3.63, 3.8) is 0 Å². The third kappa shape index (κ3) is 5.36. The summed E-state index contributed by atoms with van der Waals surface area (Å²) in [7, 11) is 1.33. The number of ether oxygens (including phenoxy) is 1. The van der Waals surface area contributed by atoms with Crippen LogP contribution in [0.4, 0.5) is 5.69 Å². The first-order valence-electron chi connectivity index (χ1n) is 13.1. The van der Waals surface area contributed by atoms with Crippen LogP contribution in [0.2, 0.25) is 5.02 Å². The van der Waals surface area contributed by atoms with Gasteiger partial charge < -0.3 is 15.0 Å². The van der Waals surface area contributed by atoms with Crippen LogP contribution in [0.25, 0.3) is 22.3 Å². The molecule has 0 aromatic heterocycles. The number of amides is 2. The molecule has 5 rings (SSSR count). The Morgan fingerprint density at radius 1 is 0.850 bits per heavy atom. The number of nitrogens with one attached hydrogen (secondary N) is 1. The standard InChI is InChI=1S/C33H29ClN2O4/c1-20(2)30(33(39)40-3)36-19-25-10-9-23(17-28(25)32(36)38)27-16-13-24(18-29(27)34)31(37)35-26-14-11-22(12-15-26)21-7-5-4-6-8-21/h4-18,20,30H,19H2,1-3H3,(H,35,37)/t30-/m0/s1. The van der Waals surface area contributed by atoms with Crippen molar-refractivity contribution in [2.45, 2.75) is 26.4 Å². The number of hydrogen-bond donors (Lipinski definition) is 1. The minimum absolute atomic E-state index is 0.0971. The fraction of sp³-hybridized carbons (Fsp3) is 0.182. The highest BCUT2D eigenvalue weighted by atomic mass is 35.5. The Morgan fingerprint density at radius 3 is 2.17 bits per heavy atom. The Kier molecular flexibility index (Phi) is 7.71. The number of fused-ring (bicyclic) bond motifs is 1. The minimum atomic E-state index is -0.663. The number of carbonyl (C=O) groups excluding carboxylic acids is 3. The smallest absolute Gasteiger partial charge is 0.328 e. The van der Waals surface area contributed by atoms with Crippen molar-refractivity contribution in [2.75, 3.05) is 12.4 Å². The van der Waals surface area contributed by atoms with Gasteiger partial charge in [0.05, 0.1) is 7.11 Å². The Balaban J connectivity index is 1.32. The van der Waals surface area contributed by atoms with Crippen LogP contribution >= 0.6 is 11.6 Å². The minimum Gasteiger partial charge on any atom is -0.467 e. The highest BCUT2D eigenvalue weighted by Gasteiger charge is 2.38. The zero-order valence-electron chi connectivity index (χ0n) is 22.5. The molecule has 7 heteroatoms. The van der Waals surface area contributed by atoms with E-state index < -0.39 is 12.0 Å². The lowest BCUT2D eigenvalue weighted by Gasteiger charge is -2.28. The number of methoxy groups -OCH3 is 1.